The van der Waals surface area contributed by atoms with Crippen LogP contribution in [0.1, 0.15) is 45.6 Å². The predicted octanol–water partition coefficient (Wildman–Crippen LogP) is 4.52. The van der Waals surface area contributed by atoms with E-state index >= 15 is 0 Å². The molecule has 6 heteroatoms. The Morgan fingerprint density at radius 1 is 1.07 bits per heavy atom. The van der Waals surface area contributed by atoms with Crippen LogP contribution in [0.2, 0.25) is 0 Å². The van der Waals surface area contributed by atoms with Gasteiger partial charge in [0.05, 0.1) is 5.75 Å². The van der Waals surface area contributed by atoms with Crippen LogP contribution < -0.4 is 0 Å². The van der Waals surface area contributed by atoms with E-state index in [4.69, 9.17) is 9.47 Å². The van der Waals surface area contributed by atoms with Crippen molar-refractivity contribution in [3.63, 3.8) is 0 Å². The Hall–Kier alpha value is -1.47. The van der Waals surface area contributed by atoms with Gasteiger partial charge < -0.3 is 9.47 Å². The van der Waals surface area contributed by atoms with Gasteiger partial charge >= 0.3 is 0 Å². The minimum atomic E-state index is -3.45. The lowest BCUT2D eigenvalue weighted by atomic mass is 10.1. The highest BCUT2D eigenvalue weighted by molar-refractivity contribution is 7.89. The predicted molar refractivity (Wildman–Crippen MR) is 115 cm³/mol. The molecule has 1 rings (SSSR count). The highest BCUT2D eigenvalue weighted by Crippen LogP contribution is 2.14. The summed E-state index contributed by atoms with van der Waals surface area (Å²) in [7, 11) is -0.419. The second kappa shape index (κ2) is 12.9. The number of methoxy groups -OCH3 is 2. The normalized spacial score (nSPS) is 12.6. The van der Waals surface area contributed by atoms with Crippen molar-refractivity contribution in [3.05, 3.63) is 59.2 Å². The first kappa shape index (κ1) is 24.6. The molecule has 0 radical (unpaired) electrons. The van der Waals surface area contributed by atoms with Gasteiger partial charge in [0.25, 0.3) is 0 Å². The van der Waals surface area contributed by atoms with Crippen LogP contribution >= 0.6 is 0 Å². The van der Waals surface area contributed by atoms with Gasteiger partial charge in [-0.05, 0) is 39.2 Å². The molecule has 0 aliphatic rings. The molecule has 1 aromatic rings. The summed E-state index contributed by atoms with van der Waals surface area (Å²) in [6, 6.07) is 9.67. The molecule has 0 bridgehead atoms. The summed E-state index contributed by atoms with van der Waals surface area (Å²) in [4.78, 5) is 0. The second-order valence-corrected chi connectivity index (χ2v) is 9.24. The molecule has 0 heterocycles. The summed E-state index contributed by atoms with van der Waals surface area (Å²) >= 11 is 0. The largest absolute Gasteiger partial charge is 0.356 e. The Morgan fingerprint density at radius 3 is 2.29 bits per heavy atom. The van der Waals surface area contributed by atoms with Crippen LogP contribution in [0.5, 0.6) is 0 Å². The highest BCUT2D eigenvalue weighted by Gasteiger charge is 2.23. The maximum atomic E-state index is 13.0. The maximum absolute atomic E-state index is 13.0. The molecule has 0 unspecified atom stereocenters. The first-order chi connectivity index (χ1) is 13.3. The van der Waals surface area contributed by atoms with E-state index in [0.29, 0.717) is 19.5 Å². The third-order valence-corrected chi connectivity index (χ3v) is 6.28. The minimum Gasteiger partial charge on any atom is -0.356 e. The SMILES string of the molecule is COC(CCS(=O)(=O)N(C/C=C(\C)CCC=C(C)C)Cc1ccccc1)OC. The van der Waals surface area contributed by atoms with Crippen LogP contribution in [0.3, 0.4) is 0 Å². The lowest BCUT2D eigenvalue weighted by molar-refractivity contribution is -0.102. The number of hydrogen-bond acceptors (Lipinski definition) is 4. The molecule has 0 aromatic heterocycles. The molecule has 0 saturated heterocycles. The van der Waals surface area contributed by atoms with Crippen molar-refractivity contribution >= 4 is 10.0 Å². The zero-order valence-electron chi connectivity index (χ0n) is 17.8. The van der Waals surface area contributed by atoms with E-state index in [-0.39, 0.29) is 5.75 Å². The number of allylic oxidation sites excluding steroid dienone is 3. The zero-order valence-corrected chi connectivity index (χ0v) is 18.7. The molecule has 1 aromatic carbocycles. The van der Waals surface area contributed by atoms with Gasteiger partial charge in [0.1, 0.15) is 0 Å². The Kier molecular flexibility index (Phi) is 11.3. The van der Waals surface area contributed by atoms with Crippen molar-refractivity contribution in [1.82, 2.24) is 4.31 Å². The summed E-state index contributed by atoms with van der Waals surface area (Å²) in [5, 5.41) is 0. The van der Waals surface area contributed by atoms with Crippen molar-refractivity contribution < 1.29 is 17.9 Å². The standard InChI is InChI=1S/C22H35NO4S/c1-19(2)10-9-11-20(3)14-16-23(18-21-12-7-6-8-13-21)28(24,25)17-15-22(26-4)27-5/h6-8,10,12-14,22H,9,11,15-18H2,1-5H3/b20-14+. The van der Waals surface area contributed by atoms with E-state index in [0.717, 1.165) is 18.4 Å². The minimum absolute atomic E-state index is 0.0170. The van der Waals surface area contributed by atoms with Crippen LogP contribution in [0.4, 0.5) is 0 Å². The molecule has 158 valence electrons. The molecule has 28 heavy (non-hydrogen) atoms. The second-order valence-electron chi connectivity index (χ2n) is 7.15. The number of hydrogen-bond donors (Lipinski definition) is 0. The highest BCUT2D eigenvalue weighted by atomic mass is 32.2. The Morgan fingerprint density at radius 2 is 1.71 bits per heavy atom. The topological polar surface area (TPSA) is 55.8 Å². The van der Waals surface area contributed by atoms with E-state index in [1.807, 2.05) is 36.4 Å². The maximum Gasteiger partial charge on any atom is 0.214 e. The number of rotatable bonds is 13. The van der Waals surface area contributed by atoms with Gasteiger partial charge in [0.15, 0.2) is 6.29 Å². The van der Waals surface area contributed by atoms with Crippen LogP contribution in [0, 0.1) is 0 Å². The number of ether oxygens (including phenoxy) is 2. The number of sulfonamides is 1. The van der Waals surface area contributed by atoms with Gasteiger partial charge in [-0.25, -0.2) is 8.42 Å². The molecular weight excluding hydrogens is 374 g/mol. The van der Waals surface area contributed by atoms with Crippen molar-refractivity contribution in [2.75, 3.05) is 26.5 Å². The molecule has 0 fully saturated rings. The van der Waals surface area contributed by atoms with Gasteiger partial charge in [-0.1, -0.05) is 53.6 Å². The molecule has 5 nitrogen and oxygen atoms in total. The molecule has 0 spiro atoms. The average molecular weight is 410 g/mol. The summed E-state index contributed by atoms with van der Waals surface area (Å²) < 4.78 is 37.7. The summed E-state index contributed by atoms with van der Waals surface area (Å²) in [6.45, 7) is 6.94. The first-order valence-corrected chi connectivity index (χ1v) is 11.3. The summed E-state index contributed by atoms with van der Waals surface area (Å²) in [5.41, 5.74) is 3.46. The lowest BCUT2D eigenvalue weighted by Crippen LogP contribution is -2.34. The van der Waals surface area contributed by atoms with Gasteiger partial charge in [0.2, 0.25) is 10.0 Å². The quantitative estimate of drug-likeness (QED) is 0.355. The third kappa shape index (κ3) is 9.64. The fraction of sp³-hybridized carbons (Fsp3) is 0.545. The first-order valence-electron chi connectivity index (χ1n) is 9.64. The van der Waals surface area contributed by atoms with Crippen LogP contribution in [0.25, 0.3) is 0 Å². The summed E-state index contributed by atoms with van der Waals surface area (Å²) in [5.74, 6) is -0.0170. The van der Waals surface area contributed by atoms with Crippen LogP contribution in [-0.2, 0) is 26.0 Å². The molecule has 0 N–H and O–H groups in total. The van der Waals surface area contributed by atoms with Gasteiger partial charge in [0, 0.05) is 33.7 Å². The Balaban J connectivity index is 2.87. The molecular formula is C22H35NO4S. The van der Waals surface area contributed by atoms with Gasteiger partial charge in [-0.2, -0.15) is 4.31 Å². The van der Waals surface area contributed by atoms with Gasteiger partial charge in [-0.3, -0.25) is 0 Å². The smallest absolute Gasteiger partial charge is 0.214 e. The molecule has 0 atom stereocenters. The fourth-order valence-electron chi connectivity index (χ4n) is 2.72. The number of benzene rings is 1. The van der Waals surface area contributed by atoms with Crippen molar-refractivity contribution in [2.24, 2.45) is 0 Å². The fourth-order valence-corrected chi connectivity index (χ4v) is 4.11. The van der Waals surface area contributed by atoms with Crippen LogP contribution in [0.15, 0.2) is 53.6 Å². The van der Waals surface area contributed by atoms with E-state index in [2.05, 4.69) is 26.8 Å². The zero-order chi connectivity index (χ0) is 21.0. The van der Waals surface area contributed by atoms with E-state index < -0.39 is 16.3 Å². The van der Waals surface area contributed by atoms with Crippen molar-refractivity contribution in [2.45, 2.75) is 52.9 Å². The van der Waals surface area contributed by atoms with Gasteiger partial charge in [-0.15, -0.1) is 0 Å². The Labute approximate surface area is 171 Å². The lowest BCUT2D eigenvalue weighted by Gasteiger charge is -2.22. The Bertz CT molecular complexity index is 718. The molecule has 0 aliphatic carbocycles. The van der Waals surface area contributed by atoms with E-state index in [1.165, 1.54) is 29.7 Å². The summed E-state index contributed by atoms with van der Waals surface area (Å²) in [6.07, 6.45) is 5.90. The third-order valence-electron chi connectivity index (χ3n) is 4.47. The van der Waals surface area contributed by atoms with Crippen molar-refractivity contribution in [3.8, 4) is 0 Å². The molecule has 0 saturated carbocycles. The monoisotopic (exact) mass is 409 g/mol. The van der Waals surface area contributed by atoms with E-state index in [9.17, 15) is 8.42 Å². The molecule has 0 aliphatic heterocycles. The number of nitrogens with zero attached hydrogens (tertiary/aromatic N) is 1. The van der Waals surface area contributed by atoms with E-state index in [1.54, 1.807) is 0 Å². The van der Waals surface area contributed by atoms with Crippen molar-refractivity contribution in [1.29, 1.82) is 0 Å². The van der Waals surface area contributed by atoms with Crippen LogP contribution in [-0.4, -0.2) is 45.5 Å². The average Bonchev–Trinajstić information content (AvgIpc) is 2.66. The molecule has 0 amide bonds.